The Balaban J connectivity index is 2.05. The van der Waals surface area contributed by atoms with Crippen molar-refractivity contribution in [1.29, 1.82) is 0 Å². The molecule has 2 amide bonds. The normalized spacial score (nSPS) is 19.2. The lowest BCUT2D eigenvalue weighted by atomic mass is 10.0. The van der Waals surface area contributed by atoms with Gasteiger partial charge in [0.1, 0.15) is 11.8 Å². The number of hydrogen-bond donors (Lipinski definition) is 1. The molecule has 0 spiro atoms. The van der Waals surface area contributed by atoms with Crippen LogP contribution in [0.5, 0.6) is 5.75 Å². The van der Waals surface area contributed by atoms with Gasteiger partial charge in [0, 0.05) is 13.1 Å². The highest BCUT2D eigenvalue weighted by Crippen LogP contribution is 2.18. The fraction of sp³-hybridized carbons (Fsp3) is 0.556. The lowest BCUT2D eigenvalue weighted by molar-refractivity contribution is -0.148. The number of hydrogen-bond acceptors (Lipinski definition) is 3. The third-order valence-electron chi connectivity index (χ3n) is 4.10. The minimum Gasteiger partial charge on any atom is -0.481 e. The van der Waals surface area contributed by atoms with Gasteiger partial charge in [-0.25, -0.2) is 0 Å². The average molecular weight is 318 g/mol. The molecular formula is C18H26N2O3. The van der Waals surface area contributed by atoms with E-state index in [1.54, 1.807) is 11.8 Å². The van der Waals surface area contributed by atoms with E-state index in [2.05, 4.69) is 12.2 Å². The summed E-state index contributed by atoms with van der Waals surface area (Å²) >= 11 is 0. The number of rotatable bonds is 6. The van der Waals surface area contributed by atoms with Crippen LogP contribution >= 0.6 is 0 Å². The summed E-state index contributed by atoms with van der Waals surface area (Å²) in [5.41, 5.74) is 1.08. The maximum atomic E-state index is 12.7. The number of amides is 2. The van der Waals surface area contributed by atoms with E-state index < -0.39 is 6.10 Å². The Kier molecular flexibility index (Phi) is 6.02. The summed E-state index contributed by atoms with van der Waals surface area (Å²) in [6, 6.07) is 7.25. The molecule has 1 aromatic rings. The zero-order valence-electron chi connectivity index (χ0n) is 14.2. The first-order valence-electron chi connectivity index (χ1n) is 8.34. The number of ether oxygens (including phenoxy) is 1. The highest BCUT2D eigenvalue weighted by Gasteiger charge is 2.35. The first kappa shape index (κ1) is 17.3. The molecule has 1 saturated heterocycles. The van der Waals surface area contributed by atoms with Gasteiger partial charge in [0.25, 0.3) is 5.91 Å². The molecule has 126 valence electrons. The predicted octanol–water partition coefficient (Wildman–Crippen LogP) is 2.28. The number of nitrogens with zero attached hydrogens (tertiary/aromatic N) is 1. The van der Waals surface area contributed by atoms with Gasteiger partial charge >= 0.3 is 0 Å². The van der Waals surface area contributed by atoms with Gasteiger partial charge in [-0.1, -0.05) is 31.9 Å². The van der Waals surface area contributed by atoms with E-state index >= 15 is 0 Å². The molecule has 2 unspecified atom stereocenters. The van der Waals surface area contributed by atoms with Crippen LogP contribution in [0.4, 0.5) is 0 Å². The molecule has 1 aliphatic heterocycles. The molecule has 2 atom stereocenters. The molecule has 23 heavy (non-hydrogen) atoms. The Morgan fingerprint density at radius 3 is 2.96 bits per heavy atom. The summed E-state index contributed by atoms with van der Waals surface area (Å²) in [7, 11) is 0. The minimum atomic E-state index is -0.605. The molecular weight excluding hydrogens is 292 g/mol. The van der Waals surface area contributed by atoms with Gasteiger partial charge in [0.2, 0.25) is 5.91 Å². The lowest BCUT2D eigenvalue weighted by Gasteiger charge is -2.36. The predicted molar refractivity (Wildman–Crippen MR) is 89.3 cm³/mol. The van der Waals surface area contributed by atoms with Crippen molar-refractivity contribution < 1.29 is 14.3 Å². The van der Waals surface area contributed by atoms with Gasteiger partial charge in [0.15, 0.2) is 6.10 Å². The second-order valence-corrected chi connectivity index (χ2v) is 6.06. The van der Waals surface area contributed by atoms with E-state index in [0.29, 0.717) is 25.3 Å². The van der Waals surface area contributed by atoms with E-state index in [1.165, 1.54) is 0 Å². The number of unbranched alkanes of at least 4 members (excludes halogenated alkanes) is 1. The van der Waals surface area contributed by atoms with Gasteiger partial charge in [-0.05, 0) is 38.0 Å². The van der Waals surface area contributed by atoms with Crippen LogP contribution in [-0.4, -0.2) is 41.9 Å². The highest BCUT2D eigenvalue weighted by molar-refractivity contribution is 5.90. The lowest BCUT2D eigenvalue weighted by Crippen LogP contribution is -2.59. The smallest absolute Gasteiger partial charge is 0.264 e. The molecule has 5 heteroatoms. The van der Waals surface area contributed by atoms with Crippen LogP contribution in [0.15, 0.2) is 24.3 Å². The van der Waals surface area contributed by atoms with E-state index in [4.69, 9.17) is 4.74 Å². The first-order valence-corrected chi connectivity index (χ1v) is 8.34. The van der Waals surface area contributed by atoms with Crippen LogP contribution in [0.2, 0.25) is 0 Å². The summed E-state index contributed by atoms with van der Waals surface area (Å²) < 4.78 is 5.78. The molecule has 0 aliphatic carbocycles. The van der Waals surface area contributed by atoms with Crippen molar-refractivity contribution in [3.63, 3.8) is 0 Å². The molecule has 0 bridgehead atoms. The van der Waals surface area contributed by atoms with Crippen LogP contribution in [0.1, 0.15) is 38.7 Å². The van der Waals surface area contributed by atoms with Crippen molar-refractivity contribution in [2.75, 3.05) is 13.1 Å². The Bertz CT molecular complexity index is 559. The Morgan fingerprint density at radius 1 is 1.48 bits per heavy atom. The third kappa shape index (κ3) is 4.47. The zero-order valence-corrected chi connectivity index (χ0v) is 14.2. The standard InChI is InChI=1S/C18H26N2O3/c1-4-5-9-16-17(21)19-10-11-20(16)18(22)14(3)23-15-8-6-7-13(2)12-15/h6-8,12,14,16H,4-5,9-11H2,1-3H3,(H,19,21). The maximum Gasteiger partial charge on any atom is 0.264 e. The molecule has 5 nitrogen and oxygen atoms in total. The topological polar surface area (TPSA) is 58.6 Å². The Morgan fingerprint density at radius 2 is 2.26 bits per heavy atom. The van der Waals surface area contributed by atoms with Gasteiger partial charge in [0.05, 0.1) is 0 Å². The van der Waals surface area contributed by atoms with Crippen LogP contribution in [0.25, 0.3) is 0 Å². The van der Waals surface area contributed by atoms with Crippen molar-refractivity contribution in [3.05, 3.63) is 29.8 Å². The molecule has 0 saturated carbocycles. The Hall–Kier alpha value is -2.04. The van der Waals surface area contributed by atoms with E-state index in [9.17, 15) is 9.59 Å². The summed E-state index contributed by atoms with van der Waals surface area (Å²) in [5.74, 6) is 0.501. The molecule has 1 fully saturated rings. The fourth-order valence-corrected chi connectivity index (χ4v) is 2.84. The molecule has 2 rings (SSSR count). The second kappa shape index (κ2) is 7.99. The van der Waals surface area contributed by atoms with E-state index in [-0.39, 0.29) is 17.9 Å². The summed E-state index contributed by atoms with van der Waals surface area (Å²) in [6.45, 7) is 6.85. The van der Waals surface area contributed by atoms with Crippen LogP contribution in [0.3, 0.4) is 0 Å². The zero-order chi connectivity index (χ0) is 16.8. The number of carbonyl (C=O) groups excluding carboxylic acids is 2. The van der Waals surface area contributed by atoms with Crippen molar-refractivity contribution in [2.45, 2.75) is 52.2 Å². The quantitative estimate of drug-likeness (QED) is 0.875. The largest absolute Gasteiger partial charge is 0.481 e. The SMILES string of the molecule is CCCCC1C(=O)NCCN1C(=O)C(C)Oc1cccc(C)c1. The van der Waals surface area contributed by atoms with Crippen LogP contribution in [-0.2, 0) is 9.59 Å². The van der Waals surface area contributed by atoms with Gasteiger partial charge in [-0.3, -0.25) is 9.59 Å². The van der Waals surface area contributed by atoms with Gasteiger partial charge < -0.3 is 15.0 Å². The fourth-order valence-electron chi connectivity index (χ4n) is 2.84. The first-order chi connectivity index (χ1) is 11.0. The number of benzene rings is 1. The van der Waals surface area contributed by atoms with Crippen molar-refractivity contribution in [1.82, 2.24) is 10.2 Å². The molecule has 1 aliphatic rings. The van der Waals surface area contributed by atoms with E-state index in [1.807, 2.05) is 31.2 Å². The number of nitrogens with one attached hydrogen (secondary N) is 1. The Labute approximate surface area is 138 Å². The third-order valence-corrected chi connectivity index (χ3v) is 4.10. The molecule has 1 aromatic carbocycles. The number of piperazine rings is 1. The second-order valence-electron chi connectivity index (χ2n) is 6.06. The summed E-state index contributed by atoms with van der Waals surface area (Å²) in [6.07, 6.45) is 2.02. The summed E-state index contributed by atoms with van der Waals surface area (Å²) in [4.78, 5) is 26.5. The minimum absolute atomic E-state index is 0.0548. The summed E-state index contributed by atoms with van der Waals surface area (Å²) in [5, 5.41) is 2.85. The number of carbonyl (C=O) groups is 2. The molecule has 1 N–H and O–H groups in total. The number of aryl methyl sites for hydroxylation is 1. The van der Waals surface area contributed by atoms with Crippen molar-refractivity contribution in [2.24, 2.45) is 0 Å². The highest BCUT2D eigenvalue weighted by atomic mass is 16.5. The van der Waals surface area contributed by atoms with Gasteiger partial charge in [-0.2, -0.15) is 0 Å². The van der Waals surface area contributed by atoms with Crippen molar-refractivity contribution in [3.8, 4) is 5.75 Å². The van der Waals surface area contributed by atoms with E-state index in [0.717, 1.165) is 18.4 Å². The van der Waals surface area contributed by atoms with Gasteiger partial charge in [-0.15, -0.1) is 0 Å². The average Bonchev–Trinajstić information content (AvgIpc) is 2.53. The maximum absolute atomic E-state index is 12.7. The monoisotopic (exact) mass is 318 g/mol. The van der Waals surface area contributed by atoms with Crippen LogP contribution < -0.4 is 10.1 Å². The van der Waals surface area contributed by atoms with Crippen molar-refractivity contribution >= 4 is 11.8 Å². The molecule has 0 radical (unpaired) electrons. The molecule has 0 aromatic heterocycles. The van der Waals surface area contributed by atoms with Crippen LogP contribution in [0, 0.1) is 6.92 Å². The molecule has 1 heterocycles.